The number of hydrogen-bond donors (Lipinski definition) is 0. The monoisotopic (exact) mass is 278 g/mol. The lowest BCUT2D eigenvalue weighted by Gasteiger charge is -2.10. The van der Waals surface area contributed by atoms with Crippen molar-refractivity contribution in [3.05, 3.63) is 17.5 Å². The van der Waals surface area contributed by atoms with Crippen molar-refractivity contribution >= 4 is 39.0 Å². The van der Waals surface area contributed by atoms with Crippen LogP contribution in [0.25, 0.3) is 0 Å². The first kappa shape index (κ1) is 11.6. The lowest BCUT2D eigenvalue weighted by Crippen LogP contribution is -2.04. The maximum Gasteiger partial charge on any atom is 0.0598 e. The predicted molar refractivity (Wildman–Crippen MR) is 67.2 cm³/mol. The normalized spacial score (nSPS) is 13.1. The molecule has 0 radical (unpaired) electrons. The van der Waals surface area contributed by atoms with Gasteiger partial charge in [0.05, 0.1) is 4.21 Å². The fourth-order valence-corrected chi connectivity index (χ4v) is 3.97. The molecular formula is C10H15BrS2. The van der Waals surface area contributed by atoms with Crippen LogP contribution in [0.15, 0.2) is 21.7 Å². The highest BCUT2D eigenvalue weighted by atomic mass is 79.9. The highest BCUT2D eigenvalue weighted by Crippen LogP contribution is 2.27. The van der Waals surface area contributed by atoms with E-state index in [0.29, 0.717) is 0 Å². The maximum absolute atomic E-state index is 3.57. The third-order valence-electron chi connectivity index (χ3n) is 1.87. The van der Waals surface area contributed by atoms with E-state index >= 15 is 0 Å². The smallest absolute Gasteiger partial charge is 0.0598 e. The van der Waals surface area contributed by atoms with Gasteiger partial charge in [0.1, 0.15) is 0 Å². The zero-order valence-electron chi connectivity index (χ0n) is 7.83. The van der Waals surface area contributed by atoms with Gasteiger partial charge in [0.15, 0.2) is 0 Å². The number of thiophene rings is 1. The van der Waals surface area contributed by atoms with Gasteiger partial charge in [0.2, 0.25) is 0 Å². The van der Waals surface area contributed by atoms with Gasteiger partial charge in [0.25, 0.3) is 0 Å². The third kappa shape index (κ3) is 4.52. The summed E-state index contributed by atoms with van der Waals surface area (Å²) in [6.07, 6.45) is 2.63. The molecule has 0 saturated carbocycles. The Morgan fingerprint density at radius 1 is 1.62 bits per heavy atom. The molecule has 1 aromatic rings. The lowest BCUT2D eigenvalue weighted by molar-refractivity contribution is 0.598. The highest BCUT2D eigenvalue weighted by Gasteiger charge is 2.06. The molecule has 0 bridgehead atoms. The molecule has 0 aromatic carbocycles. The molecule has 1 rings (SSSR count). The summed E-state index contributed by atoms with van der Waals surface area (Å²) in [6, 6.07) is 4.32. The van der Waals surface area contributed by atoms with Crippen molar-refractivity contribution in [1.29, 1.82) is 0 Å². The van der Waals surface area contributed by atoms with Crippen molar-refractivity contribution in [2.45, 2.75) is 24.0 Å². The Morgan fingerprint density at radius 2 is 2.46 bits per heavy atom. The average Bonchev–Trinajstić information content (AvgIpc) is 2.64. The molecule has 0 fully saturated rings. The van der Waals surface area contributed by atoms with Gasteiger partial charge in [0, 0.05) is 11.1 Å². The number of halogens is 1. The summed E-state index contributed by atoms with van der Waals surface area (Å²) in [6.45, 7) is 2.26. The van der Waals surface area contributed by atoms with Gasteiger partial charge in [-0.05, 0) is 23.8 Å². The molecule has 0 aliphatic heterocycles. The first-order valence-corrected chi connectivity index (χ1v) is 7.57. The SMILES string of the molecule is CCCC(CBr)CSc1cccs1. The maximum atomic E-state index is 3.57. The van der Waals surface area contributed by atoms with E-state index in [2.05, 4.69) is 40.4 Å². The van der Waals surface area contributed by atoms with Gasteiger partial charge in [-0.2, -0.15) is 0 Å². The minimum Gasteiger partial charge on any atom is -0.137 e. The summed E-state index contributed by atoms with van der Waals surface area (Å²) in [5.74, 6) is 2.08. The van der Waals surface area contributed by atoms with Crippen molar-refractivity contribution in [3.8, 4) is 0 Å². The Morgan fingerprint density at radius 3 is 3.00 bits per heavy atom. The second kappa shape index (κ2) is 6.91. The Hall–Kier alpha value is 0.530. The van der Waals surface area contributed by atoms with Gasteiger partial charge < -0.3 is 0 Å². The molecule has 74 valence electrons. The summed E-state index contributed by atoms with van der Waals surface area (Å²) in [5.41, 5.74) is 0. The van der Waals surface area contributed by atoms with Gasteiger partial charge in [-0.25, -0.2) is 0 Å². The molecule has 1 heterocycles. The van der Waals surface area contributed by atoms with Gasteiger partial charge in [-0.15, -0.1) is 23.1 Å². The summed E-state index contributed by atoms with van der Waals surface area (Å²) >= 11 is 7.40. The summed E-state index contributed by atoms with van der Waals surface area (Å²) in [5, 5.41) is 3.28. The molecular weight excluding hydrogens is 264 g/mol. The van der Waals surface area contributed by atoms with Crippen LogP contribution in [-0.4, -0.2) is 11.1 Å². The quantitative estimate of drug-likeness (QED) is 0.539. The fourth-order valence-electron chi connectivity index (χ4n) is 1.16. The fraction of sp³-hybridized carbons (Fsp3) is 0.600. The Kier molecular flexibility index (Phi) is 6.16. The molecule has 0 nitrogen and oxygen atoms in total. The molecule has 0 spiro atoms. The van der Waals surface area contributed by atoms with Crippen molar-refractivity contribution in [2.75, 3.05) is 11.1 Å². The van der Waals surface area contributed by atoms with Crippen LogP contribution in [0.3, 0.4) is 0 Å². The Labute approximate surface area is 97.3 Å². The van der Waals surface area contributed by atoms with Crippen LogP contribution in [0, 0.1) is 5.92 Å². The summed E-state index contributed by atoms with van der Waals surface area (Å²) in [4.78, 5) is 0. The molecule has 0 N–H and O–H groups in total. The van der Waals surface area contributed by atoms with Gasteiger partial charge in [-0.3, -0.25) is 0 Å². The molecule has 0 saturated heterocycles. The molecule has 1 unspecified atom stereocenters. The second-order valence-corrected chi connectivity index (χ2v) is 5.97. The van der Waals surface area contributed by atoms with E-state index < -0.39 is 0 Å². The van der Waals surface area contributed by atoms with Gasteiger partial charge >= 0.3 is 0 Å². The van der Waals surface area contributed by atoms with Crippen LogP contribution < -0.4 is 0 Å². The van der Waals surface area contributed by atoms with Crippen LogP contribution in [0.5, 0.6) is 0 Å². The topological polar surface area (TPSA) is 0 Å². The third-order valence-corrected chi connectivity index (χ3v) is 5.15. The largest absolute Gasteiger partial charge is 0.137 e. The molecule has 13 heavy (non-hydrogen) atoms. The summed E-state index contributed by atoms with van der Waals surface area (Å²) < 4.78 is 1.45. The van der Waals surface area contributed by atoms with Crippen molar-refractivity contribution < 1.29 is 0 Å². The first-order chi connectivity index (χ1) is 6.36. The molecule has 1 aromatic heterocycles. The second-order valence-electron chi connectivity index (χ2n) is 3.05. The number of thioether (sulfide) groups is 1. The predicted octanol–water partition coefficient (Wildman–Crippen LogP) is 4.65. The van der Waals surface area contributed by atoms with Crippen molar-refractivity contribution in [3.63, 3.8) is 0 Å². The Balaban J connectivity index is 2.23. The van der Waals surface area contributed by atoms with E-state index in [4.69, 9.17) is 0 Å². The van der Waals surface area contributed by atoms with Crippen LogP contribution >= 0.6 is 39.0 Å². The van der Waals surface area contributed by atoms with Crippen LogP contribution in [0.1, 0.15) is 19.8 Å². The molecule has 0 aliphatic carbocycles. The number of rotatable bonds is 6. The molecule has 3 heteroatoms. The standard InChI is InChI=1S/C10H15BrS2/c1-2-4-9(7-11)8-13-10-5-3-6-12-10/h3,5-6,9H,2,4,7-8H2,1H3. The van der Waals surface area contributed by atoms with Crippen LogP contribution in [-0.2, 0) is 0 Å². The van der Waals surface area contributed by atoms with Crippen LogP contribution in [0.2, 0.25) is 0 Å². The van der Waals surface area contributed by atoms with Gasteiger partial charge in [-0.1, -0.05) is 35.3 Å². The van der Waals surface area contributed by atoms with E-state index in [-0.39, 0.29) is 0 Å². The van der Waals surface area contributed by atoms with E-state index in [0.717, 1.165) is 11.2 Å². The van der Waals surface area contributed by atoms with E-state index in [1.807, 2.05) is 23.1 Å². The zero-order valence-corrected chi connectivity index (χ0v) is 11.1. The van der Waals surface area contributed by atoms with Crippen molar-refractivity contribution in [2.24, 2.45) is 5.92 Å². The highest BCUT2D eigenvalue weighted by molar-refractivity contribution is 9.09. The first-order valence-electron chi connectivity index (χ1n) is 4.59. The summed E-state index contributed by atoms with van der Waals surface area (Å²) in [7, 11) is 0. The minimum atomic E-state index is 0.831. The molecule has 1 atom stereocenters. The average molecular weight is 279 g/mol. The minimum absolute atomic E-state index is 0.831. The Bertz CT molecular complexity index is 209. The lowest BCUT2D eigenvalue weighted by atomic mass is 10.1. The van der Waals surface area contributed by atoms with E-state index in [1.165, 1.54) is 22.8 Å². The molecule has 0 aliphatic rings. The number of alkyl halides is 1. The van der Waals surface area contributed by atoms with E-state index in [1.54, 1.807) is 0 Å². The number of hydrogen-bond acceptors (Lipinski definition) is 2. The van der Waals surface area contributed by atoms with Crippen LogP contribution in [0.4, 0.5) is 0 Å². The van der Waals surface area contributed by atoms with Crippen molar-refractivity contribution in [1.82, 2.24) is 0 Å². The zero-order chi connectivity index (χ0) is 9.52. The molecule has 0 amide bonds. The van der Waals surface area contributed by atoms with E-state index in [9.17, 15) is 0 Å².